The lowest BCUT2D eigenvalue weighted by atomic mass is 10.3. The van der Waals surface area contributed by atoms with Gasteiger partial charge in [0.05, 0.1) is 0 Å². The minimum absolute atomic E-state index is 0. The molecule has 0 spiro atoms. The molecule has 0 heterocycles. The first kappa shape index (κ1) is 11.7. The summed E-state index contributed by atoms with van der Waals surface area (Å²) >= 11 is 0. The Labute approximate surface area is 81.3 Å². The molecule has 3 nitrogen and oxygen atoms in total. The van der Waals surface area contributed by atoms with E-state index in [2.05, 4.69) is 5.32 Å². The molecule has 0 bridgehead atoms. The zero-order chi connectivity index (χ0) is 8.97. The Morgan fingerprint density at radius 3 is 2.38 bits per heavy atom. The highest BCUT2D eigenvalue weighted by Gasteiger charge is 1.99. The number of carbonyl (C=O) groups excluding carboxylic acids is 1. The number of rotatable bonds is 1. The van der Waals surface area contributed by atoms with Gasteiger partial charge in [-0.1, -0.05) is 0 Å². The smallest absolute Gasteiger partial charge is 0.410 e. The highest BCUT2D eigenvalue weighted by molar-refractivity contribution is 5.85. The second-order valence-corrected chi connectivity index (χ2v) is 2.09. The minimum Gasteiger partial charge on any atom is -0.410 e. The van der Waals surface area contributed by atoms with Crippen LogP contribution < -0.4 is 10.1 Å². The fraction of sp³-hybridized carbons (Fsp3) is 0.125. The van der Waals surface area contributed by atoms with Crippen LogP contribution in [-0.4, -0.2) is 13.1 Å². The third kappa shape index (κ3) is 3.75. The number of carbonyl (C=O) groups is 1. The van der Waals surface area contributed by atoms with Gasteiger partial charge >= 0.3 is 6.09 Å². The Balaban J connectivity index is 0.00000144. The summed E-state index contributed by atoms with van der Waals surface area (Å²) in [4.78, 5) is 10.6. The predicted octanol–water partition coefficient (Wildman–Crippen LogP) is 1.97. The van der Waals surface area contributed by atoms with Crippen molar-refractivity contribution in [3.05, 3.63) is 30.1 Å². The van der Waals surface area contributed by atoms with E-state index in [-0.39, 0.29) is 18.2 Å². The van der Waals surface area contributed by atoms with Crippen LogP contribution in [0.3, 0.4) is 0 Å². The van der Waals surface area contributed by atoms with Crippen LogP contribution in [0.4, 0.5) is 9.18 Å². The van der Waals surface area contributed by atoms with Crippen LogP contribution in [0.1, 0.15) is 0 Å². The quantitative estimate of drug-likeness (QED) is 0.761. The highest BCUT2D eigenvalue weighted by atomic mass is 35.5. The molecule has 0 radical (unpaired) electrons. The van der Waals surface area contributed by atoms with Crippen molar-refractivity contribution < 1.29 is 13.9 Å². The average Bonchev–Trinajstić information content (AvgIpc) is 2.09. The zero-order valence-corrected chi connectivity index (χ0v) is 7.73. The maximum Gasteiger partial charge on any atom is 0.412 e. The molecule has 0 saturated heterocycles. The summed E-state index contributed by atoms with van der Waals surface area (Å²) in [5.41, 5.74) is 0. The lowest BCUT2D eigenvalue weighted by Crippen LogP contribution is -2.21. The molecule has 0 aliphatic heterocycles. The first-order valence-electron chi connectivity index (χ1n) is 3.37. The molecule has 72 valence electrons. The maximum atomic E-state index is 12.3. The molecule has 1 amide bonds. The normalized spacial score (nSPS) is 8.46. The summed E-state index contributed by atoms with van der Waals surface area (Å²) in [7, 11) is 1.45. The van der Waals surface area contributed by atoms with Crippen molar-refractivity contribution in [1.82, 2.24) is 5.32 Å². The SMILES string of the molecule is CNC(=O)Oc1ccc(F)cc1.Cl. The van der Waals surface area contributed by atoms with E-state index in [0.717, 1.165) is 0 Å². The molecule has 1 aromatic carbocycles. The van der Waals surface area contributed by atoms with Gasteiger partial charge in [0.2, 0.25) is 0 Å². The van der Waals surface area contributed by atoms with E-state index in [0.29, 0.717) is 5.75 Å². The molecular formula is C8H9ClFNO2. The number of ether oxygens (including phenoxy) is 1. The van der Waals surface area contributed by atoms with Gasteiger partial charge in [-0.25, -0.2) is 9.18 Å². The molecule has 0 aliphatic rings. The Bertz CT molecular complexity index is 276. The third-order valence-electron chi connectivity index (χ3n) is 1.23. The van der Waals surface area contributed by atoms with Gasteiger partial charge in [0.25, 0.3) is 0 Å². The van der Waals surface area contributed by atoms with Crippen molar-refractivity contribution in [2.24, 2.45) is 0 Å². The molecule has 13 heavy (non-hydrogen) atoms. The van der Waals surface area contributed by atoms with E-state index >= 15 is 0 Å². The second kappa shape index (κ2) is 5.37. The maximum absolute atomic E-state index is 12.3. The predicted molar refractivity (Wildman–Crippen MR) is 48.7 cm³/mol. The largest absolute Gasteiger partial charge is 0.412 e. The lowest BCUT2D eigenvalue weighted by Gasteiger charge is -2.01. The molecule has 0 aliphatic carbocycles. The number of halogens is 2. The zero-order valence-electron chi connectivity index (χ0n) is 6.91. The topological polar surface area (TPSA) is 38.3 Å². The van der Waals surface area contributed by atoms with Gasteiger partial charge in [0.15, 0.2) is 0 Å². The first-order chi connectivity index (χ1) is 5.72. The summed E-state index contributed by atoms with van der Waals surface area (Å²) in [6.45, 7) is 0. The third-order valence-corrected chi connectivity index (χ3v) is 1.23. The van der Waals surface area contributed by atoms with Crippen molar-refractivity contribution in [2.45, 2.75) is 0 Å². The summed E-state index contributed by atoms with van der Waals surface area (Å²) in [6.07, 6.45) is -0.568. The summed E-state index contributed by atoms with van der Waals surface area (Å²) in [5, 5.41) is 2.27. The molecular weight excluding hydrogens is 197 g/mol. The van der Waals surface area contributed by atoms with Gasteiger partial charge in [0, 0.05) is 7.05 Å². The van der Waals surface area contributed by atoms with Gasteiger partial charge < -0.3 is 10.1 Å². The Kier molecular flexibility index (Phi) is 4.84. The first-order valence-corrected chi connectivity index (χ1v) is 3.37. The van der Waals surface area contributed by atoms with Gasteiger partial charge in [-0.05, 0) is 24.3 Å². The van der Waals surface area contributed by atoms with Gasteiger partial charge in [-0.2, -0.15) is 0 Å². The molecule has 1 aromatic rings. The molecule has 1 N–H and O–H groups in total. The van der Waals surface area contributed by atoms with Crippen LogP contribution >= 0.6 is 12.4 Å². The lowest BCUT2D eigenvalue weighted by molar-refractivity contribution is 0.203. The minimum atomic E-state index is -0.568. The fourth-order valence-electron chi connectivity index (χ4n) is 0.661. The van der Waals surface area contributed by atoms with E-state index in [1.54, 1.807) is 0 Å². The van der Waals surface area contributed by atoms with Crippen LogP contribution in [0, 0.1) is 5.82 Å². The molecule has 0 unspecified atom stereocenters. The van der Waals surface area contributed by atoms with E-state index < -0.39 is 6.09 Å². The van der Waals surface area contributed by atoms with Gasteiger partial charge in [-0.3, -0.25) is 0 Å². The molecule has 1 rings (SSSR count). The van der Waals surface area contributed by atoms with Crippen LogP contribution in [0.5, 0.6) is 5.75 Å². The van der Waals surface area contributed by atoms with Crippen LogP contribution in [0.15, 0.2) is 24.3 Å². The highest BCUT2D eigenvalue weighted by Crippen LogP contribution is 2.10. The molecule has 0 atom stereocenters. The fourth-order valence-corrected chi connectivity index (χ4v) is 0.661. The monoisotopic (exact) mass is 205 g/mol. The molecule has 0 aromatic heterocycles. The van der Waals surface area contributed by atoms with Crippen molar-refractivity contribution in [3.63, 3.8) is 0 Å². The number of amides is 1. The van der Waals surface area contributed by atoms with Crippen molar-refractivity contribution >= 4 is 18.5 Å². The summed E-state index contributed by atoms with van der Waals surface area (Å²) in [5.74, 6) is -0.0463. The molecule has 5 heteroatoms. The van der Waals surface area contributed by atoms with E-state index in [9.17, 15) is 9.18 Å². The summed E-state index contributed by atoms with van der Waals surface area (Å²) in [6, 6.07) is 5.20. The van der Waals surface area contributed by atoms with Crippen molar-refractivity contribution in [3.8, 4) is 5.75 Å². The Morgan fingerprint density at radius 1 is 1.38 bits per heavy atom. The Morgan fingerprint density at radius 2 is 1.92 bits per heavy atom. The molecule has 0 fully saturated rings. The number of hydrogen-bond acceptors (Lipinski definition) is 2. The second-order valence-electron chi connectivity index (χ2n) is 2.09. The van der Waals surface area contributed by atoms with Crippen LogP contribution in [-0.2, 0) is 0 Å². The number of nitrogens with one attached hydrogen (secondary N) is 1. The van der Waals surface area contributed by atoms with Crippen LogP contribution in [0.2, 0.25) is 0 Å². The standard InChI is InChI=1S/C8H8FNO2.ClH/c1-10-8(11)12-7-4-2-6(9)3-5-7;/h2-5H,1H3,(H,10,11);1H. The van der Waals surface area contributed by atoms with Crippen LogP contribution in [0.25, 0.3) is 0 Å². The van der Waals surface area contributed by atoms with Crippen molar-refractivity contribution in [2.75, 3.05) is 7.05 Å². The number of hydrogen-bond donors (Lipinski definition) is 1. The number of benzene rings is 1. The summed E-state index contributed by atoms with van der Waals surface area (Å²) < 4.78 is 17.1. The Hall–Kier alpha value is -1.29. The molecule has 0 saturated carbocycles. The van der Waals surface area contributed by atoms with E-state index in [4.69, 9.17) is 4.74 Å². The van der Waals surface area contributed by atoms with Crippen molar-refractivity contribution in [1.29, 1.82) is 0 Å². The van der Waals surface area contributed by atoms with E-state index in [1.165, 1.54) is 31.3 Å². The van der Waals surface area contributed by atoms with Gasteiger partial charge in [0.1, 0.15) is 11.6 Å². The van der Waals surface area contributed by atoms with Gasteiger partial charge in [-0.15, -0.1) is 12.4 Å². The van der Waals surface area contributed by atoms with E-state index in [1.807, 2.05) is 0 Å². The average molecular weight is 206 g/mol.